The van der Waals surface area contributed by atoms with Crippen LogP contribution in [0.5, 0.6) is 23.0 Å². The zero-order chi connectivity index (χ0) is 41.4. The van der Waals surface area contributed by atoms with Crippen LogP contribution in [0.3, 0.4) is 0 Å². The van der Waals surface area contributed by atoms with E-state index in [-0.39, 0.29) is 25.0 Å². The van der Waals surface area contributed by atoms with E-state index in [0.29, 0.717) is 47.2 Å². The molecule has 1 unspecified atom stereocenters. The Kier molecular flexibility index (Phi) is 16.7. The Morgan fingerprint density at radius 2 is 1.33 bits per heavy atom. The van der Waals surface area contributed by atoms with E-state index in [4.69, 9.17) is 23.7 Å². The maximum Gasteiger partial charge on any atom is 0.416 e. The molecule has 0 spiro atoms. The number of halogens is 3. The summed E-state index contributed by atoms with van der Waals surface area (Å²) in [4.78, 5) is 41.7. The maximum atomic E-state index is 14.4. The van der Waals surface area contributed by atoms with Crippen molar-refractivity contribution in [3.63, 3.8) is 0 Å². The molecule has 0 aromatic heterocycles. The highest BCUT2D eigenvalue weighted by molar-refractivity contribution is 5.98. The van der Waals surface area contributed by atoms with Gasteiger partial charge in [0.25, 0.3) is 5.91 Å². The number of nitrogens with one attached hydrogen (secondary N) is 2. The first-order chi connectivity index (χ1) is 27.2. The second-order valence-corrected chi connectivity index (χ2v) is 15.0. The van der Waals surface area contributed by atoms with Crippen LogP contribution < -0.4 is 29.6 Å². The number of benzene rings is 3. The minimum absolute atomic E-state index is 0.00197. The van der Waals surface area contributed by atoms with Crippen molar-refractivity contribution in [2.45, 2.75) is 109 Å². The molecule has 4 rings (SSSR count). The van der Waals surface area contributed by atoms with Gasteiger partial charge >= 0.3 is 12.3 Å². The zero-order valence-electron chi connectivity index (χ0n) is 33.6. The number of alkyl halides is 3. The van der Waals surface area contributed by atoms with Gasteiger partial charge in [-0.2, -0.15) is 13.2 Å². The van der Waals surface area contributed by atoms with Crippen LogP contribution in [-0.4, -0.2) is 62.5 Å². The van der Waals surface area contributed by atoms with E-state index in [1.807, 2.05) is 20.8 Å². The third kappa shape index (κ3) is 14.1. The molecule has 0 bridgehead atoms. The Bertz CT molecular complexity index is 1760. The molecule has 14 heteroatoms. The standard InChI is InChI=1S/C43H56F3N3O8/c1-42(2,3)57-41(52)48-25-15-13-11-9-7-6-8-10-12-14-24-47-39(50)38(31-19-23-35-37(26-31)56-29-55-35)49(28-32-18-22-34(53-4)27-36(32)54-5)40(51)30-16-20-33(21-17-30)43(44,45)46/h16-23,26-27,38H,6-15,24-25,28-29H2,1-5H3,(H,47,50)(H,48,52). The Hall–Kier alpha value is -5.14. The number of fused-ring (bicyclic) bond motifs is 1. The lowest BCUT2D eigenvalue weighted by Gasteiger charge is -2.32. The normalized spacial score (nSPS) is 12.8. The molecule has 1 heterocycles. The fourth-order valence-electron chi connectivity index (χ4n) is 6.45. The van der Waals surface area contributed by atoms with Gasteiger partial charge < -0.3 is 39.2 Å². The van der Waals surface area contributed by atoms with Crippen LogP contribution >= 0.6 is 0 Å². The van der Waals surface area contributed by atoms with E-state index in [2.05, 4.69) is 10.6 Å². The van der Waals surface area contributed by atoms with Crippen molar-refractivity contribution < 1.29 is 51.2 Å². The number of alkyl carbamates (subject to hydrolysis) is 1. The maximum absolute atomic E-state index is 14.4. The molecule has 3 aromatic carbocycles. The van der Waals surface area contributed by atoms with Crippen molar-refractivity contribution in [3.8, 4) is 23.0 Å². The van der Waals surface area contributed by atoms with Gasteiger partial charge in [0.15, 0.2) is 11.5 Å². The summed E-state index contributed by atoms with van der Waals surface area (Å²) in [6, 6.07) is 12.8. The molecule has 0 fully saturated rings. The fourth-order valence-corrected chi connectivity index (χ4v) is 6.45. The van der Waals surface area contributed by atoms with Gasteiger partial charge in [0.2, 0.25) is 12.7 Å². The van der Waals surface area contributed by atoms with E-state index in [9.17, 15) is 27.6 Å². The number of nitrogens with zero attached hydrogens (tertiary/aromatic N) is 1. The smallest absolute Gasteiger partial charge is 0.416 e. The highest BCUT2D eigenvalue weighted by Gasteiger charge is 2.35. The third-order valence-electron chi connectivity index (χ3n) is 9.40. The van der Waals surface area contributed by atoms with Crippen molar-refractivity contribution in [3.05, 3.63) is 82.9 Å². The van der Waals surface area contributed by atoms with Crippen LogP contribution in [0.25, 0.3) is 0 Å². The first kappa shape index (κ1) is 44.6. The molecular formula is C43H56F3N3O8. The summed E-state index contributed by atoms with van der Waals surface area (Å²) in [5, 5.41) is 5.80. The molecule has 0 saturated carbocycles. The summed E-state index contributed by atoms with van der Waals surface area (Å²) in [5.74, 6) is 0.701. The van der Waals surface area contributed by atoms with Gasteiger partial charge in [-0.1, -0.05) is 57.4 Å². The molecule has 0 radical (unpaired) electrons. The minimum atomic E-state index is -4.59. The summed E-state index contributed by atoms with van der Waals surface area (Å²) in [6.07, 6.45) is 5.20. The fraction of sp³-hybridized carbons (Fsp3) is 0.512. The number of unbranched alkanes of at least 4 members (excludes halogenated alkanes) is 9. The Morgan fingerprint density at radius 3 is 1.91 bits per heavy atom. The van der Waals surface area contributed by atoms with Crippen molar-refractivity contribution in [1.82, 2.24) is 15.5 Å². The number of rotatable bonds is 21. The van der Waals surface area contributed by atoms with Crippen molar-refractivity contribution in [1.29, 1.82) is 0 Å². The van der Waals surface area contributed by atoms with Gasteiger partial charge in [-0.3, -0.25) is 9.59 Å². The highest BCUT2D eigenvalue weighted by Crippen LogP contribution is 2.38. The van der Waals surface area contributed by atoms with Gasteiger partial charge in [0, 0.05) is 30.3 Å². The number of ether oxygens (including phenoxy) is 5. The number of methoxy groups -OCH3 is 2. The second-order valence-electron chi connectivity index (χ2n) is 15.0. The molecule has 57 heavy (non-hydrogen) atoms. The van der Waals surface area contributed by atoms with Crippen molar-refractivity contribution in [2.75, 3.05) is 34.1 Å². The molecule has 3 amide bonds. The van der Waals surface area contributed by atoms with Gasteiger partial charge in [-0.15, -0.1) is 0 Å². The molecule has 312 valence electrons. The summed E-state index contributed by atoms with van der Waals surface area (Å²) in [5.41, 5.74) is -0.439. The molecule has 2 N–H and O–H groups in total. The Morgan fingerprint density at radius 1 is 0.737 bits per heavy atom. The predicted molar refractivity (Wildman–Crippen MR) is 210 cm³/mol. The molecule has 1 aliphatic rings. The van der Waals surface area contributed by atoms with E-state index < -0.39 is 35.2 Å². The molecule has 3 aromatic rings. The van der Waals surface area contributed by atoms with E-state index in [1.165, 1.54) is 19.1 Å². The van der Waals surface area contributed by atoms with Crippen molar-refractivity contribution in [2.24, 2.45) is 0 Å². The van der Waals surface area contributed by atoms with Crippen LogP contribution in [0, 0.1) is 0 Å². The lowest BCUT2D eigenvalue weighted by molar-refractivity contribution is -0.137. The number of carbonyl (C=O) groups is 3. The number of hydrogen-bond acceptors (Lipinski definition) is 8. The lowest BCUT2D eigenvalue weighted by atomic mass is 10.00. The SMILES string of the molecule is COc1ccc(CN(C(=O)c2ccc(C(F)(F)F)cc2)C(C(=O)NCCCCCCCCCCCCNC(=O)OC(C)(C)C)c2ccc3c(c2)OCO3)c(OC)c1. The number of hydrogen-bond donors (Lipinski definition) is 2. The van der Waals surface area contributed by atoms with Gasteiger partial charge in [0.05, 0.1) is 26.3 Å². The topological polar surface area (TPSA) is 125 Å². The van der Waals surface area contributed by atoms with Crippen LogP contribution in [0.15, 0.2) is 60.7 Å². The number of amides is 3. The van der Waals surface area contributed by atoms with Crippen LogP contribution in [-0.2, 0) is 22.3 Å². The molecule has 11 nitrogen and oxygen atoms in total. The summed E-state index contributed by atoms with van der Waals surface area (Å²) >= 11 is 0. The Labute approximate surface area is 333 Å². The summed E-state index contributed by atoms with van der Waals surface area (Å²) < 4.78 is 67.6. The zero-order valence-corrected chi connectivity index (χ0v) is 33.6. The third-order valence-corrected chi connectivity index (χ3v) is 9.40. The summed E-state index contributed by atoms with van der Waals surface area (Å²) in [7, 11) is 2.98. The first-order valence-electron chi connectivity index (χ1n) is 19.5. The molecule has 1 aliphatic heterocycles. The van der Waals surface area contributed by atoms with Crippen molar-refractivity contribution >= 4 is 17.9 Å². The quantitative estimate of drug-likeness (QED) is 0.102. The molecule has 0 saturated heterocycles. The number of carbonyl (C=O) groups excluding carboxylic acids is 3. The van der Waals surface area contributed by atoms with Crippen LogP contribution in [0.4, 0.5) is 18.0 Å². The van der Waals surface area contributed by atoms with Gasteiger partial charge in [0.1, 0.15) is 23.1 Å². The predicted octanol–water partition coefficient (Wildman–Crippen LogP) is 9.38. The Balaban J connectivity index is 1.38. The lowest BCUT2D eigenvalue weighted by Crippen LogP contribution is -2.43. The average Bonchev–Trinajstić information content (AvgIpc) is 3.65. The van der Waals surface area contributed by atoms with E-state index >= 15 is 0 Å². The second kappa shape index (κ2) is 21.4. The van der Waals surface area contributed by atoms with Gasteiger partial charge in [-0.05, 0) is 87.7 Å². The first-order valence-corrected chi connectivity index (χ1v) is 19.5. The van der Waals surface area contributed by atoms with Crippen LogP contribution in [0.2, 0.25) is 0 Å². The summed E-state index contributed by atoms with van der Waals surface area (Å²) in [6.45, 7) is 6.37. The molecule has 1 atom stereocenters. The van der Waals surface area contributed by atoms with Crippen LogP contribution in [0.1, 0.15) is 118 Å². The minimum Gasteiger partial charge on any atom is -0.497 e. The van der Waals surface area contributed by atoms with Gasteiger partial charge in [-0.25, -0.2) is 4.79 Å². The highest BCUT2D eigenvalue weighted by atomic mass is 19.4. The van der Waals surface area contributed by atoms with E-state index in [0.717, 1.165) is 88.5 Å². The van der Waals surface area contributed by atoms with E-state index in [1.54, 1.807) is 36.4 Å². The molecular weight excluding hydrogens is 743 g/mol. The average molecular weight is 800 g/mol. The largest absolute Gasteiger partial charge is 0.497 e. The monoisotopic (exact) mass is 799 g/mol. The molecule has 0 aliphatic carbocycles.